The molecule has 0 aliphatic rings. The van der Waals surface area contributed by atoms with Crippen molar-refractivity contribution in [1.82, 2.24) is 18.9 Å². The molecule has 6 heteroatoms. The van der Waals surface area contributed by atoms with Crippen LogP contribution in [-0.4, -0.2) is 18.9 Å². The van der Waals surface area contributed by atoms with Gasteiger partial charge in [-0.05, 0) is 30.7 Å². The van der Waals surface area contributed by atoms with Crippen LogP contribution in [0.1, 0.15) is 11.3 Å². The second kappa shape index (κ2) is 5.79. The third-order valence-electron chi connectivity index (χ3n) is 4.03. The van der Waals surface area contributed by atoms with Gasteiger partial charge in [-0.3, -0.25) is 9.20 Å². The average molecular weight is 336 g/mol. The zero-order valence-electron chi connectivity index (χ0n) is 13.4. The van der Waals surface area contributed by atoms with Gasteiger partial charge in [-0.1, -0.05) is 30.0 Å². The molecule has 0 unspecified atom stereocenters. The summed E-state index contributed by atoms with van der Waals surface area (Å²) in [6.45, 7) is 1.96. The normalized spacial score (nSPS) is 11.4. The van der Waals surface area contributed by atoms with Crippen molar-refractivity contribution in [1.29, 1.82) is 0 Å². The van der Waals surface area contributed by atoms with E-state index in [9.17, 15) is 4.79 Å². The zero-order valence-corrected chi connectivity index (χ0v) is 14.2. The number of benzene rings is 1. The summed E-state index contributed by atoms with van der Waals surface area (Å²) in [5.74, 6) is 0.608. The first-order valence-electron chi connectivity index (χ1n) is 7.65. The van der Waals surface area contributed by atoms with Crippen LogP contribution in [0.25, 0.3) is 16.7 Å². The maximum atomic E-state index is 12.3. The van der Waals surface area contributed by atoms with E-state index in [2.05, 4.69) is 20.6 Å². The number of aromatic nitrogens is 4. The maximum absolute atomic E-state index is 12.3. The van der Waals surface area contributed by atoms with E-state index >= 15 is 0 Å². The van der Waals surface area contributed by atoms with E-state index in [1.165, 1.54) is 0 Å². The summed E-state index contributed by atoms with van der Waals surface area (Å²) in [4.78, 5) is 21.5. The number of pyridine rings is 1. The van der Waals surface area contributed by atoms with Gasteiger partial charge in [0, 0.05) is 25.1 Å². The largest absolute Gasteiger partial charge is 0.322 e. The molecule has 0 aliphatic heterocycles. The van der Waals surface area contributed by atoms with Gasteiger partial charge in [0.25, 0.3) is 5.56 Å². The predicted molar refractivity (Wildman–Crippen MR) is 96.5 cm³/mol. The third-order valence-corrected chi connectivity index (χ3v) is 5.10. The first-order chi connectivity index (χ1) is 11.6. The van der Waals surface area contributed by atoms with E-state index in [0.717, 1.165) is 27.4 Å². The molecule has 24 heavy (non-hydrogen) atoms. The van der Waals surface area contributed by atoms with E-state index in [1.807, 2.05) is 44.3 Å². The van der Waals surface area contributed by atoms with Gasteiger partial charge in [-0.15, -0.1) is 0 Å². The van der Waals surface area contributed by atoms with Gasteiger partial charge in [-0.2, -0.15) is 0 Å². The van der Waals surface area contributed by atoms with Crippen LogP contribution < -0.4 is 5.56 Å². The molecule has 0 spiro atoms. The van der Waals surface area contributed by atoms with Crippen LogP contribution in [0, 0.1) is 6.92 Å². The molecule has 4 rings (SSSR count). The van der Waals surface area contributed by atoms with Crippen molar-refractivity contribution in [3.63, 3.8) is 0 Å². The van der Waals surface area contributed by atoms with Crippen molar-refractivity contribution in [2.24, 2.45) is 7.05 Å². The Balaban J connectivity index is 1.68. The number of imidazole rings is 1. The smallest absolute Gasteiger partial charge is 0.258 e. The fraction of sp³-hybridized carbons (Fsp3) is 0.167. The second-order valence-electron chi connectivity index (χ2n) is 5.70. The predicted octanol–water partition coefficient (Wildman–Crippen LogP) is 3.18. The van der Waals surface area contributed by atoms with Crippen molar-refractivity contribution < 1.29 is 0 Å². The Hall–Kier alpha value is -2.60. The van der Waals surface area contributed by atoms with Gasteiger partial charge < -0.3 is 4.57 Å². The maximum Gasteiger partial charge on any atom is 0.258 e. The van der Waals surface area contributed by atoms with Gasteiger partial charge >= 0.3 is 0 Å². The van der Waals surface area contributed by atoms with Crippen LogP contribution in [0.5, 0.6) is 0 Å². The second-order valence-corrected chi connectivity index (χ2v) is 6.64. The molecular formula is C18H16N4OS. The van der Waals surface area contributed by atoms with Crippen molar-refractivity contribution in [3.05, 3.63) is 70.3 Å². The lowest BCUT2D eigenvalue weighted by atomic mass is 10.3. The molecule has 0 radical (unpaired) electrons. The Morgan fingerprint density at radius 3 is 2.79 bits per heavy atom. The van der Waals surface area contributed by atoms with Crippen LogP contribution in [0.2, 0.25) is 0 Å². The molecule has 4 aromatic rings. The molecule has 0 amide bonds. The molecule has 0 bridgehead atoms. The Kier molecular flexibility index (Phi) is 3.61. The number of rotatable bonds is 3. The summed E-state index contributed by atoms with van der Waals surface area (Å²) in [5, 5.41) is 0.919. The van der Waals surface area contributed by atoms with Crippen molar-refractivity contribution in [2.45, 2.75) is 17.8 Å². The van der Waals surface area contributed by atoms with Crippen LogP contribution in [0.3, 0.4) is 0 Å². The fourth-order valence-corrected chi connectivity index (χ4v) is 3.65. The van der Waals surface area contributed by atoms with Crippen LogP contribution >= 0.6 is 11.8 Å². The molecule has 1 aromatic carbocycles. The molecule has 0 fully saturated rings. The molecule has 5 nitrogen and oxygen atoms in total. The van der Waals surface area contributed by atoms with Gasteiger partial charge in [-0.25, -0.2) is 9.97 Å². The van der Waals surface area contributed by atoms with Gasteiger partial charge in [0.2, 0.25) is 0 Å². The third kappa shape index (κ3) is 2.49. The lowest BCUT2D eigenvalue weighted by Gasteiger charge is -2.06. The van der Waals surface area contributed by atoms with Gasteiger partial charge in [0.05, 0.1) is 16.7 Å². The number of nitrogens with zero attached hydrogens (tertiary/aromatic N) is 4. The lowest BCUT2D eigenvalue weighted by molar-refractivity contribution is 0.814. The summed E-state index contributed by atoms with van der Waals surface area (Å²) in [7, 11) is 2.00. The van der Waals surface area contributed by atoms with Crippen molar-refractivity contribution >= 4 is 28.4 Å². The van der Waals surface area contributed by atoms with E-state index in [1.54, 1.807) is 28.4 Å². The number of aryl methyl sites for hydroxylation is 2. The summed E-state index contributed by atoms with van der Waals surface area (Å²) in [6, 6.07) is 13.5. The molecule has 0 aliphatic carbocycles. The highest BCUT2D eigenvalue weighted by molar-refractivity contribution is 7.98. The van der Waals surface area contributed by atoms with Crippen LogP contribution in [0.15, 0.2) is 58.6 Å². The van der Waals surface area contributed by atoms with E-state index in [0.29, 0.717) is 11.4 Å². The number of fused-ring (bicyclic) bond motifs is 2. The molecule has 0 saturated heterocycles. The minimum Gasteiger partial charge on any atom is -0.322 e. The Morgan fingerprint density at radius 1 is 1.12 bits per heavy atom. The molecule has 3 aromatic heterocycles. The van der Waals surface area contributed by atoms with E-state index < -0.39 is 0 Å². The molecule has 120 valence electrons. The summed E-state index contributed by atoms with van der Waals surface area (Å²) < 4.78 is 3.65. The average Bonchev–Trinajstić information content (AvgIpc) is 2.91. The van der Waals surface area contributed by atoms with Gasteiger partial charge in [0.1, 0.15) is 5.65 Å². The molecule has 0 atom stereocenters. The van der Waals surface area contributed by atoms with Crippen molar-refractivity contribution in [3.8, 4) is 0 Å². The number of thioether (sulfide) groups is 1. The quantitative estimate of drug-likeness (QED) is 0.539. The molecule has 3 heterocycles. The Morgan fingerprint density at radius 2 is 1.96 bits per heavy atom. The lowest BCUT2D eigenvalue weighted by Crippen LogP contribution is -2.15. The fourth-order valence-electron chi connectivity index (χ4n) is 2.77. The van der Waals surface area contributed by atoms with Crippen molar-refractivity contribution in [2.75, 3.05) is 0 Å². The molecule has 0 saturated carbocycles. The Labute approximate surface area is 143 Å². The minimum absolute atomic E-state index is 0.0516. The number of hydrogen-bond donors (Lipinski definition) is 0. The highest BCUT2D eigenvalue weighted by Gasteiger charge is 2.10. The zero-order chi connectivity index (χ0) is 16.7. The Bertz CT molecular complexity index is 1110. The first kappa shape index (κ1) is 15.0. The van der Waals surface area contributed by atoms with E-state index in [4.69, 9.17) is 0 Å². The summed E-state index contributed by atoms with van der Waals surface area (Å²) >= 11 is 1.59. The topological polar surface area (TPSA) is 52.2 Å². The standard InChI is InChI=1S/C18H16N4OS/c1-12-6-5-9-22-16(23)10-13(19-17(12)22)11-24-18-20-14-7-3-4-8-15(14)21(18)2/h3-10H,11H2,1-2H3. The highest BCUT2D eigenvalue weighted by Crippen LogP contribution is 2.25. The van der Waals surface area contributed by atoms with Crippen LogP contribution in [-0.2, 0) is 12.8 Å². The summed E-state index contributed by atoms with van der Waals surface area (Å²) in [6.07, 6.45) is 1.75. The number of hydrogen-bond acceptors (Lipinski definition) is 4. The SMILES string of the molecule is Cc1cccn2c(=O)cc(CSc3nc4ccccc4n3C)nc12. The van der Waals surface area contributed by atoms with Gasteiger partial charge in [0.15, 0.2) is 5.16 Å². The van der Waals surface area contributed by atoms with E-state index in [-0.39, 0.29) is 5.56 Å². The number of para-hydroxylation sites is 2. The van der Waals surface area contributed by atoms with Crippen LogP contribution in [0.4, 0.5) is 0 Å². The molecular weight excluding hydrogens is 320 g/mol. The summed E-state index contributed by atoms with van der Waals surface area (Å²) in [5.41, 5.74) is 4.50. The highest BCUT2D eigenvalue weighted by atomic mass is 32.2. The molecule has 0 N–H and O–H groups in total. The minimum atomic E-state index is -0.0516. The first-order valence-corrected chi connectivity index (χ1v) is 8.64. The monoisotopic (exact) mass is 336 g/mol.